The second kappa shape index (κ2) is 8.39. The molecule has 0 spiro atoms. The van der Waals surface area contributed by atoms with Gasteiger partial charge in [0.1, 0.15) is 18.2 Å². The topological polar surface area (TPSA) is 90.3 Å². The Labute approximate surface area is 165 Å². The summed E-state index contributed by atoms with van der Waals surface area (Å²) in [5.41, 5.74) is 0.622. The van der Waals surface area contributed by atoms with Crippen molar-refractivity contribution in [2.45, 2.75) is 17.3 Å². The molecule has 0 aliphatic heterocycles. The lowest BCUT2D eigenvalue weighted by molar-refractivity contribution is 0.102. The van der Waals surface area contributed by atoms with Crippen LogP contribution < -0.4 is 10.1 Å². The van der Waals surface area contributed by atoms with Gasteiger partial charge in [0.25, 0.3) is 5.91 Å². The number of carbonyl (C=O) groups is 1. The monoisotopic (exact) mass is 421 g/mol. The van der Waals surface area contributed by atoms with E-state index in [4.69, 9.17) is 4.74 Å². The quantitative estimate of drug-likeness (QED) is 0.633. The van der Waals surface area contributed by atoms with E-state index in [-0.39, 0.29) is 5.56 Å². The van der Waals surface area contributed by atoms with Gasteiger partial charge in [0, 0.05) is 30.7 Å². The molecule has 3 aromatic rings. The standard InChI is InChI=1S/C19H17F2N3O4S/c1-24-11-10-22-17(24)12-28-15-6-4-14(5-7-15)23-18(25)13-2-8-16(9-3-13)29(26,27)19(20)21/h2-11,19H,12H2,1H3,(H,23,25). The predicted molar refractivity (Wildman–Crippen MR) is 102 cm³/mol. The Bertz CT molecular complexity index is 1100. The van der Waals surface area contributed by atoms with Crippen LogP contribution in [0.1, 0.15) is 16.2 Å². The zero-order valence-electron chi connectivity index (χ0n) is 15.2. The Balaban J connectivity index is 1.61. The first kappa shape index (κ1) is 20.5. The van der Waals surface area contributed by atoms with E-state index >= 15 is 0 Å². The van der Waals surface area contributed by atoms with Crippen LogP contribution in [0.3, 0.4) is 0 Å². The third-order valence-corrected chi connectivity index (χ3v) is 5.48. The van der Waals surface area contributed by atoms with E-state index in [0.29, 0.717) is 18.0 Å². The number of ether oxygens (including phenoxy) is 1. The van der Waals surface area contributed by atoms with Gasteiger partial charge in [0.05, 0.1) is 4.90 Å². The fourth-order valence-electron chi connectivity index (χ4n) is 2.42. The number of nitrogens with one attached hydrogen (secondary N) is 1. The Morgan fingerprint density at radius 1 is 1.14 bits per heavy atom. The van der Waals surface area contributed by atoms with Gasteiger partial charge in [-0.25, -0.2) is 13.4 Å². The number of hydrogen-bond acceptors (Lipinski definition) is 5. The molecule has 0 unspecified atom stereocenters. The fraction of sp³-hybridized carbons (Fsp3) is 0.158. The highest BCUT2D eigenvalue weighted by Crippen LogP contribution is 2.20. The number of halogens is 2. The summed E-state index contributed by atoms with van der Waals surface area (Å²) in [6.45, 7) is 0.295. The molecule has 0 saturated carbocycles. The average Bonchev–Trinajstić information content (AvgIpc) is 3.12. The number of sulfone groups is 1. The Morgan fingerprint density at radius 2 is 1.79 bits per heavy atom. The lowest BCUT2D eigenvalue weighted by Crippen LogP contribution is -2.14. The highest BCUT2D eigenvalue weighted by atomic mass is 32.2. The number of imidazole rings is 1. The molecule has 0 aliphatic carbocycles. The molecule has 0 bridgehead atoms. The minimum Gasteiger partial charge on any atom is -0.486 e. The highest BCUT2D eigenvalue weighted by molar-refractivity contribution is 7.91. The van der Waals surface area contributed by atoms with E-state index in [1.54, 1.807) is 30.5 Å². The van der Waals surface area contributed by atoms with Crippen LogP contribution in [-0.4, -0.2) is 29.6 Å². The fourth-order valence-corrected chi connectivity index (χ4v) is 3.14. The SMILES string of the molecule is Cn1ccnc1COc1ccc(NC(=O)c2ccc(S(=O)(=O)C(F)F)cc2)cc1. The summed E-state index contributed by atoms with van der Waals surface area (Å²) in [6.07, 6.45) is 3.49. The van der Waals surface area contributed by atoms with Crippen LogP contribution in [0.15, 0.2) is 65.8 Å². The molecule has 152 valence electrons. The van der Waals surface area contributed by atoms with Gasteiger partial charge in [0.15, 0.2) is 0 Å². The van der Waals surface area contributed by atoms with Crippen LogP contribution in [0.2, 0.25) is 0 Å². The molecule has 10 heteroatoms. The van der Waals surface area contributed by atoms with Gasteiger partial charge in [-0.2, -0.15) is 8.78 Å². The van der Waals surface area contributed by atoms with Gasteiger partial charge < -0.3 is 14.6 Å². The number of rotatable bonds is 7. The first-order valence-electron chi connectivity index (χ1n) is 8.40. The van der Waals surface area contributed by atoms with Gasteiger partial charge in [-0.05, 0) is 48.5 Å². The number of aromatic nitrogens is 2. The molecule has 1 N–H and O–H groups in total. The third-order valence-electron chi connectivity index (χ3n) is 4.08. The molecule has 7 nitrogen and oxygen atoms in total. The molecule has 3 rings (SSSR count). The molecular weight excluding hydrogens is 404 g/mol. The molecule has 0 aliphatic rings. The Hall–Kier alpha value is -3.27. The van der Waals surface area contributed by atoms with Gasteiger partial charge >= 0.3 is 5.76 Å². The summed E-state index contributed by atoms with van der Waals surface area (Å²) in [5, 5.41) is 2.64. The summed E-state index contributed by atoms with van der Waals surface area (Å²) >= 11 is 0. The molecule has 0 radical (unpaired) electrons. The van der Waals surface area contributed by atoms with Crippen LogP contribution in [-0.2, 0) is 23.5 Å². The van der Waals surface area contributed by atoms with Crippen LogP contribution in [0.25, 0.3) is 0 Å². The summed E-state index contributed by atoms with van der Waals surface area (Å²) in [5.74, 6) is -2.67. The first-order valence-corrected chi connectivity index (χ1v) is 9.94. The minimum atomic E-state index is -4.69. The second-order valence-corrected chi connectivity index (χ2v) is 7.97. The van der Waals surface area contributed by atoms with Crippen LogP contribution in [0.5, 0.6) is 5.75 Å². The normalized spacial score (nSPS) is 11.4. The molecule has 0 atom stereocenters. The summed E-state index contributed by atoms with van der Waals surface area (Å²) in [4.78, 5) is 15.9. The minimum absolute atomic E-state index is 0.133. The number of amides is 1. The van der Waals surface area contributed by atoms with Gasteiger partial charge in [0.2, 0.25) is 9.84 Å². The van der Waals surface area contributed by atoms with E-state index in [9.17, 15) is 22.0 Å². The number of aryl methyl sites for hydroxylation is 1. The molecule has 1 aromatic heterocycles. The molecule has 1 amide bonds. The molecule has 0 fully saturated rings. The van der Waals surface area contributed by atoms with Gasteiger partial charge in [-0.1, -0.05) is 0 Å². The van der Waals surface area contributed by atoms with Crippen LogP contribution in [0.4, 0.5) is 14.5 Å². The van der Waals surface area contributed by atoms with Crippen molar-refractivity contribution in [3.05, 3.63) is 72.3 Å². The number of anilines is 1. The van der Waals surface area contributed by atoms with E-state index in [0.717, 1.165) is 18.0 Å². The van der Waals surface area contributed by atoms with Crippen molar-refractivity contribution in [1.82, 2.24) is 9.55 Å². The predicted octanol–water partition coefficient (Wildman–Crippen LogP) is 3.25. The van der Waals surface area contributed by atoms with Gasteiger partial charge in [-0.15, -0.1) is 0 Å². The molecule has 2 aromatic carbocycles. The lowest BCUT2D eigenvalue weighted by Gasteiger charge is -2.09. The maximum Gasteiger partial charge on any atom is 0.341 e. The van der Waals surface area contributed by atoms with Crippen molar-refractivity contribution in [2.24, 2.45) is 7.05 Å². The van der Waals surface area contributed by atoms with Crippen molar-refractivity contribution in [3.8, 4) is 5.75 Å². The number of hydrogen-bond donors (Lipinski definition) is 1. The lowest BCUT2D eigenvalue weighted by atomic mass is 10.2. The summed E-state index contributed by atoms with van der Waals surface area (Å²) in [7, 11) is -2.83. The summed E-state index contributed by atoms with van der Waals surface area (Å²) < 4.78 is 55.4. The maximum absolute atomic E-state index is 12.5. The highest BCUT2D eigenvalue weighted by Gasteiger charge is 2.26. The van der Waals surface area contributed by atoms with Crippen LogP contribution >= 0.6 is 0 Å². The number of carbonyl (C=O) groups excluding carboxylic acids is 1. The van der Waals surface area contributed by atoms with Gasteiger partial charge in [-0.3, -0.25) is 4.79 Å². The number of benzene rings is 2. The van der Waals surface area contributed by atoms with Crippen molar-refractivity contribution in [3.63, 3.8) is 0 Å². The first-order chi connectivity index (χ1) is 13.8. The number of alkyl halides is 2. The van der Waals surface area contributed by atoms with E-state index in [1.807, 2.05) is 17.8 Å². The van der Waals surface area contributed by atoms with Crippen molar-refractivity contribution in [1.29, 1.82) is 0 Å². The molecular formula is C19H17F2N3O4S. The van der Waals surface area contributed by atoms with Crippen LogP contribution in [0, 0.1) is 0 Å². The van der Waals surface area contributed by atoms with E-state index < -0.39 is 26.4 Å². The average molecular weight is 421 g/mol. The number of nitrogens with zero attached hydrogens (tertiary/aromatic N) is 2. The Morgan fingerprint density at radius 3 is 2.34 bits per heavy atom. The largest absolute Gasteiger partial charge is 0.486 e. The maximum atomic E-state index is 12.5. The summed E-state index contributed by atoms with van der Waals surface area (Å²) in [6, 6.07) is 10.9. The zero-order valence-corrected chi connectivity index (χ0v) is 16.1. The van der Waals surface area contributed by atoms with Crippen molar-refractivity contribution >= 4 is 21.4 Å². The zero-order chi connectivity index (χ0) is 21.0. The molecule has 29 heavy (non-hydrogen) atoms. The third kappa shape index (κ3) is 4.77. The molecule has 1 heterocycles. The van der Waals surface area contributed by atoms with Crippen molar-refractivity contribution < 1.29 is 26.7 Å². The van der Waals surface area contributed by atoms with E-state index in [1.165, 1.54) is 12.1 Å². The second-order valence-electron chi connectivity index (χ2n) is 6.05. The molecule has 0 saturated heterocycles. The van der Waals surface area contributed by atoms with Crippen molar-refractivity contribution in [2.75, 3.05) is 5.32 Å². The van der Waals surface area contributed by atoms with E-state index in [2.05, 4.69) is 10.3 Å². The smallest absolute Gasteiger partial charge is 0.341 e. The Kier molecular flexibility index (Phi) is 5.92.